The van der Waals surface area contributed by atoms with E-state index in [0.717, 1.165) is 29.4 Å². The molecule has 2 aromatic rings. The Kier molecular flexibility index (Phi) is 8.21. The van der Waals surface area contributed by atoms with Crippen molar-refractivity contribution < 1.29 is 19.1 Å². The fourth-order valence-corrected chi connectivity index (χ4v) is 5.92. The van der Waals surface area contributed by atoms with Gasteiger partial charge in [0.15, 0.2) is 0 Å². The quantitative estimate of drug-likeness (QED) is 0.306. The van der Waals surface area contributed by atoms with Crippen molar-refractivity contribution in [1.29, 1.82) is 0 Å². The molecular weight excluding hydrogens is 698 g/mol. The number of benzene rings is 2. The fourth-order valence-electron chi connectivity index (χ4n) is 2.66. The van der Waals surface area contributed by atoms with Gasteiger partial charge in [0.2, 0.25) is 5.91 Å². The fraction of sp³-hybridized carbons (Fsp3) is 0.150. The molecule has 0 aromatic heterocycles. The zero-order chi connectivity index (χ0) is 21.8. The third-order valence-corrected chi connectivity index (χ3v) is 6.96. The van der Waals surface area contributed by atoms with Crippen LogP contribution < -0.4 is 10.1 Å². The predicted octanol–water partition coefficient (Wildman–Crippen LogP) is 5.73. The topological polar surface area (TPSA) is 75.7 Å². The Morgan fingerprint density at radius 2 is 2.00 bits per heavy atom. The molecule has 30 heavy (non-hydrogen) atoms. The molecular formula is C20H15BrI2N2O4S. The Hall–Kier alpha value is -1.12. The average molecular weight is 713 g/mol. The van der Waals surface area contributed by atoms with E-state index in [9.17, 15) is 14.4 Å². The second-order valence-electron chi connectivity index (χ2n) is 6.03. The van der Waals surface area contributed by atoms with Crippen LogP contribution in [0.1, 0.15) is 12.5 Å². The lowest BCUT2D eigenvalue weighted by Crippen LogP contribution is -2.36. The largest absolute Gasteiger partial charge is 0.492 e. The Labute approximate surface area is 213 Å². The number of para-hydroxylation sites is 1. The maximum atomic E-state index is 12.8. The molecule has 0 bridgehead atoms. The summed E-state index contributed by atoms with van der Waals surface area (Å²) >= 11 is 8.53. The minimum Gasteiger partial charge on any atom is -0.492 e. The molecule has 0 radical (unpaired) electrons. The number of nitrogens with zero attached hydrogens (tertiary/aromatic N) is 1. The molecule has 156 valence electrons. The highest BCUT2D eigenvalue weighted by molar-refractivity contribution is 14.1. The highest BCUT2D eigenvalue weighted by Crippen LogP contribution is 2.36. The Balaban J connectivity index is 1.80. The van der Waals surface area contributed by atoms with Crippen LogP contribution >= 0.6 is 72.9 Å². The molecule has 1 saturated heterocycles. The van der Waals surface area contributed by atoms with E-state index in [2.05, 4.69) is 66.4 Å². The summed E-state index contributed by atoms with van der Waals surface area (Å²) in [7, 11) is 0. The van der Waals surface area contributed by atoms with Crippen molar-refractivity contribution in [1.82, 2.24) is 4.90 Å². The zero-order valence-corrected chi connectivity index (χ0v) is 22.3. The molecule has 0 atom stereocenters. The molecule has 0 saturated carbocycles. The highest BCUT2D eigenvalue weighted by atomic mass is 127. The highest BCUT2D eigenvalue weighted by Gasteiger charge is 2.36. The Morgan fingerprint density at radius 3 is 2.70 bits per heavy atom. The van der Waals surface area contributed by atoms with Gasteiger partial charge < -0.3 is 10.1 Å². The van der Waals surface area contributed by atoms with Gasteiger partial charge >= 0.3 is 0 Å². The van der Waals surface area contributed by atoms with Crippen LogP contribution in [0.5, 0.6) is 5.75 Å². The molecule has 3 amide bonds. The summed E-state index contributed by atoms with van der Waals surface area (Å²) in [6.07, 6.45) is 1.64. The second kappa shape index (κ2) is 10.5. The van der Waals surface area contributed by atoms with E-state index in [1.165, 1.54) is 0 Å². The van der Waals surface area contributed by atoms with Crippen LogP contribution in [0.15, 0.2) is 45.8 Å². The van der Waals surface area contributed by atoms with Crippen molar-refractivity contribution in [2.75, 3.05) is 18.5 Å². The third-order valence-electron chi connectivity index (χ3n) is 3.94. The van der Waals surface area contributed by atoms with Crippen LogP contribution in [0.4, 0.5) is 10.5 Å². The number of carbonyl (C=O) groups is 3. The first-order valence-corrected chi connectivity index (χ1v) is 12.5. The molecule has 1 heterocycles. The molecule has 10 heteroatoms. The van der Waals surface area contributed by atoms with E-state index in [-0.39, 0.29) is 11.4 Å². The minimum atomic E-state index is -0.497. The van der Waals surface area contributed by atoms with E-state index < -0.39 is 17.1 Å². The smallest absolute Gasteiger partial charge is 0.294 e. The number of ether oxygens (including phenoxy) is 1. The first kappa shape index (κ1) is 23.5. The SMILES string of the molecule is CCOc1c(I)cc(I)cc1/C=C1/SC(=O)N(CC(=O)Nc2ccccc2Br)C1=O. The van der Waals surface area contributed by atoms with E-state index in [0.29, 0.717) is 22.5 Å². The van der Waals surface area contributed by atoms with Crippen molar-refractivity contribution >= 4 is 102 Å². The van der Waals surface area contributed by atoms with E-state index >= 15 is 0 Å². The van der Waals surface area contributed by atoms with Crippen molar-refractivity contribution in [3.8, 4) is 5.75 Å². The lowest BCUT2D eigenvalue weighted by atomic mass is 10.2. The van der Waals surface area contributed by atoms with Gasteiger partial charge in [0, 0.05) is 13.6 Å². The lowest BCUT2D eigenvalue weighted by Gasteiger charge is -2.13. The molecule has 2 aromatic carbocycles. The summed E-state index contributed by atoms with van der Waals surface area (Å²) in [5, 5.41) is 2.22. The van der Waals surface area contributed by atoms with Crippen molar-refractivity contribution in [3.63, 3.8) is 0 Å². The van der Waals surface area contributed by atoms with Crippen molar-refractivity contribution in [2.24, 2.45) is 0 Å². The van der Waals surface area contributed by atoms with Gasteiger partial charge in [0.1, 0.15) is 12.3 Å². The van der Waals surface area contributed by atoms with Gasteiger partial charge in [-0.25, -0.2) is 0 Å². The first-order valence-electron chi connectivity index (χ1n) is 8.71. The number of rotatable bonds is 6. The molecule has 1 aliphatic heterocycles. The predicted molar refractivity (Wildman–Crippen MR) is 138 cm³/mol. The molecule has 0 spiro atoms. The summed E-state index contributed by atoms with van der Waals surface area (Å²) in [4.78, 5) is 38.8. The van der Waals surface area contributed by atoms with Gasteiger partial charge in [-0.05, 0) is 110 Å². The van der Waals surface area contributed by atoms with Crippen molar-refractivity contribution in [3.05, 3.63) is 58.5 Å². The molecule has 1 fully saturated rings. The van der Waals surface area contributed by atoms with Gasteiger partial charge in [-0.1, -0.05) is 12.1 Å². The molecule has 0 unspecified atom stereocenters. The summed E-state index contributed by atoms with van der Waals surface area (Å²) in [6.45, 7) is 2.01. The van der Waals surface area contributed by atoms with Gasteiger partial charge in [0.25, 0.3) is 11.1 Å². The van der Waals surface area contributed by atoms with Gasteiger partial charge in [-0.15, -0.1) is 0 Å². The maximum Gasteiger partial charge on any atom is 0.294 e. The number of hydrogen-bond acceptors (Lipinski definition) is 5. The minimum absolute atomic E-state index is 0.257. The standard InChI is InChI=1S/C20H15BrI2N2O4S/c1-2-29-18-11(7-12(22)9-14(18)23)8-16-19(27)25(20(28)30-16)10-17(26)24-15-6-4-3-5-13(15)21/h3-9H,2,10H2,1H3,(H,24,26)/b16-8+. The number of carbonyl (C=O) groups excluding carboxylic acids is 3. The van der Waals surface area contributed by atoms with Gasteiger partial charge in [0.05, 0.1) is 20.8 Å². The van der Waals surface area contributed by atoms with E-state index in [1.54, 1.807) is 24.3 Å². The van der Waals surface area contributed by atoms with Crippen LogP contribution in [0.25, 0.3) is 6.08 Å². The molecule has 3 rings (SSSR count). The lowest BCUT2D eigenvalue weighted by molar-refractivity contribution is -0.127. The van der Waals surface area contributed by atoms with Crippen LogP contribution in [-0.4, -0.2) is 35.1 Å². The third kappa shape index (κ3) is 5.56. The molecule has 1 aliphatic rings. The summed E-state index contributed by atoms with van der Waals surface area (Å²) < 4.78 is 8.33. The first-order chi connectivity index (χ1) is 14.3. The number of anilines is 1. The molecule has 0 aliphatic carbocycles. The summed E-state index contributed by atoms with van der Waals surface area (Å²) in [5.41, 5.74) is 1.29. The van der Waals surface area contributed by atoms with Crippen molar-refractivity contribution in [2.45, 2.75) is 6.92 Å². The molecule has 6 nitrogen and oxygen atoms in total. The number of halogens is 3. The van der Waals surface area contributed by atoms with Gasteiger partial charge in [-0.3, -0.25) is 19.3 Å². The zero-order valence-electron chi connectivity index (χ0n) is 15.6. The number of hydrogen-bond donors (Lipinski definition) is 1. The van der Waals surface area contributed by atoms with Crippen LogP contribution in [-0.2, 0) is 9.59 Å². The Morgan fingerprint density at radius 1 is 1.27 bits per heavy atom. The van der Waals surface area contributed by atoms with E-state index in [1.807, 2.05) is 25.1 Å². The summed E-state index contributed by atoms with van der Waals surface area (Å²) in [6, 6.07) is 11.0. The number of thioether (sulfide) groups is 1. The second-order valence-corrected chi connectivity index (χ2v) is 10.3. The number of nitrogens with one attached hydrogen (secondary N) is 1. The van der Waals surface area contributed by atoms with E-state index in [4.69, 9.17) is 4.74 Å². The monoisotopic (exact) mass is 712 g/mol. The van der Waals surface area contributed by atoms with Crippen LogP contribution in [0.2, 0.25) is 0 Å². The normalized spacial score (nSPS) is 15.1. The Bertz CT molecular complexity index is 1060. The van der Waals surface area contributed by atoms with Gasteiger partial charge in [-0.2, -0.15) is 0 Å². The van der Waals surface area contributed by atoms with Crippen LogP contribution in [0, 0.1) is 7.14 Å². The average Bonchev–Trinajstić information content (AvgIpc) is 2.94. The molecule has 1 N–H and O–H groups in total. The number of amides is 3. The summed E-state index contributed by atoms with van der Waals surface area (Å²) in [5.74, 6) is -0.287. The van der Waals surface area contributed by atoms with Crippen LogP contribution in [0.3, 0.4) is 0 Å². The maximum absolute atomic E-state index is 12.8. The number of imide groups is 1.